The van der Waals surface area contributed by atoms with Crippen LogP contribution in [0.4, 0.5) is 0 Å². The Morgan fingerprint density at radius 2 is 1.04 bits per heavy atom. The van der Waals surface area contributed by atoms with Crippen LogP contribution in [-0.2, 0) is 9.59 Å². The van der Waals surface area contributed by atoms with Crippen molar-refractivity contribution >= 4 is 39.6 Å². The number of nitrogens with one attached hydrogen (secondary N) is 2. The van der Waals surface area contributed by atoms with Crippen molar-refractivity contribution in [2.75, 3.05) is 0 Å². The van der Waals surface area contributed by atoms with E-state index in [1.807, 2.05) is 133 Å². The summed E-state index contributed by atoms with van der Waals surface area (Å²) in [7, 11) is 0. The van der Waals surface area contributed by atoms with Crippen molar-refractivity contribution in [3.05, 3.63) is 207 Å². The quantitative estimate of drug-likeness (QED) is 0.214. The Balaban J connectivity index is 1.41. The Hall–Kier alpha value is -6.53. The topological polar surface area (TPSA) is 92.2 Å². The van der Waals surface area contributed by atoms with Gasteiger partial charge < -0.3 is 15.3 Å². The van der Waals surface area contributed by atoms with Gasteiger partial charge in [0.15, 0.2) is 5.78 Å². The van der Waals surface area contributed by atoms with Gasteiger partial charge >= 0.3 is 0 Å². The fourth-order valence-corrected chi connectivity index (χ4v) is 7.39. The van der Waals surface area contributed by atoms with E-state index in [4.69, 9.17) is 10.3 Å². The highest BCUT2D eigenvalue weighted by Crippen LogP contribution is 2.41. The highest BCUT2D eigenvalue weighted by molar-refractivity contribution is 6.58. The number of carbonyl (C=O) groups excluding carboxylic acids is 2. The number of allylic oxidation sites excluding steroid dienone is 2. The normalized spacial score (nSPS) is 22.4. The van der Waals surface area contributed by atoms with Crippen molar-refractivity contribution in [2.45, 2.75) is 18.9 Å². The van der Waals surface area contributed by atoms with Crippen molar-refractivity contribution in [1.82, 2.24) is 9.97 Å². The van der Waals surface area contributed by atoms with E-state index in [1.54, 1.807) is 0 Å². The molecule has 6 aromatic rings. The molecule has 1 saturated heterocycles. The Labute approximate surface area is 289 Å². The number of carbonyl (C=O) groups is 2. The summed E-state index contributed by atoms with van der Waals surface area (Å²) in [5.74, 6) is -0.0542. The van der Waals surface area contributed by atoms with Gasteiger partial charge in [0, 0.05) is 33.2 Å². The summed E-state index contributed by atoms with van der Waals surface area (Å²) in [5.41, 5.74) is 10.1. The van der Waals surface area contributed by atoms with Gasteiger partial charge in [0.2, 0.25) is 0 Å². The van der Waals surface area contributed by atoms with Crippen LogP contribution < -0.4 is 10.7 Å². The summed E-state index contributed by atoms with van der Waals surface area (Å²) in [6.45, 7) is 0. The van der Waals surface area contributed by atoms with Gasteiger partial charge in [-0.3, -0.25) is 9.59 Å². The molecule has 2 N–H and O–H groups in total. The number of rotatable bonds is 4. The van der Waals surface area contributed by atoms with Crippen LogP contribution in [0.5, 0.6) is 0 Å². The van der Waals surface area contributed by atoms with Gasteiger partial charge in [-0.25, -0.2) is 4.99 Å². The maximum atomic E-state index is 14.1. The molecule has 6 heteroatoms. The summed E-state index contributed by atoms with van der Waals surface area (Å²) in [6.07, 6.45) is 0.388. The number of aromatic amines is 2. The van der Waals surface area contributed by atoms with E-state index in [1.165, 1.54) is 0 Å². The second kappa shape index (κ2) is 12.2. The first-order valence-corrected chi connectivity index (χ1v) is 16.8. The minimum absolute atomic E-state index is 0.0112. The van der Waals surface area contributed by atoms with Gasteiger partial charge in [-0.2, -0.15) is 0 Å². The van der Waals surface area contributed by atoms with E-state index in [2.05, 4.69) is 22.1 Å². The van der Waals surface area contributed by atoms with Gasteiger partial charge in [-0.05, 0) is 64.1 Å². The van der Waals surface area contributed by atoms with Crippen molar-refractivity contribution < 1.29 is 9.59 Å². The zero-order valence-corrected chi connectivity index (χ0v) is 27.1. The van der Waals surface area contributed by atoms with Crippen molar-refractivity contribution in [3.63, 3.8) is 0 Å². The Bertz CT molecular complexity index is 2520. The third-order valence-electron chi connectivity index (χ3n) is 9.60. The molecule has 1 atom stereocenters. The zero-order chi connectivity index (χ0) is 33.6. The maximum Gasteiger partial charge on any atom is 0.187 e. The average Bonchev–Trinajstić information content (AvgIpc) is 3.97. The number of aromatic nitrogens is 2. The maximum absolute atomic E-state index is 14.1. The highest BCUT2D eigenvalue weighted by atomic mass is 16.1. The molecular weight excluding hydrogens is 617 g/mol. The van der Waals surface area contributed by atoms with Crippen LogP contribution >= 0.6 is 0 Å². The number of hydrogen-bond donors (Lipinski definition) is 2. The molecule has 3 aliphatic heterocycles. The lowest BCUT2D eigenvalue weighted by Crippen LogP contribution is -2.24. The molecule has 0 radical (unpaired) electrons. The molecule has 8 bridgehead atoms. The molecular formula is C44H31N4O2-. The first-order valence-electron chi connectivity index (χ1n) is 16.8. The summed E-state index contributed by atoms with van der Waals surface area (Å²) < 4.78 is 0. The number of aliphatic imine (C=N–C) groups is 1. The number of benzene rings is 4. The van der Waals surface area contributed by atoms with Crippen LogP contribution in [0.2, 0.25) is 0 Å². The summed E-state index contributed by atoms with van der Waals surface area (Å²) >= 11 is 0. The van der Waals surface area contributed by atoms with Gasteiger partial charge in [-0.1, -0.05) is 133 Å². The Morgan fingerprint density at radius 1 is 0.520 bits per heavy atom. The second-order valence-electron chi connectivity index (χ2n) is 12.7. The second-order valence-corrected chi connectivity index (χ2v) is 12.7. The minimum atomic E-state index is -0.426. The molecule has 5 heterocycles. The molecule has 1 fully saturated rings. The third kappa shape index (κ3) is 5.09. The molecule has 0 spiro atoms. The summed E-state index contributed by atoms with van der Waals surface area (Å²) in [5, 5.41) is 6.85. The van der Waals surface area contributed by atoms with E-state index < -0.39 is 6.04 Å². The molecule has 50 heavy (non-hydrogen) atoms. The molecule has 6 nitrogen and oxygen atoms in total. The molecule has 2 aromatic heterocycles. The molecule has 0 amide bonds. The van der Waals surface area contributed by atoms with Crippen molar-refractivity contribution in [3.8, 4) is 0 Å². The molecule has 3 aliphatic rings. The lowest BCUT2D eigenvalue weighted by Gasteiger charge is -2.29. The van der Waals surface area contributed by atoms with E-state index in [9.17, 15) is 9.59 Å². The summed E-state index contributed by atoms with van der Waals surface area (Å²) in [6, 6.07) is 47.6. The van der Waals surface area contributed by atoms with Gasteiger partial charge in [0.25, 0.3) is 0 Å². The van der Waals surface area contributed by atoms with Crippen LogP contribution in [0.15, 0.2) is 162 Å². The standard InChI is InChI=1S/C44H32N4O2/c49-37-25-35-39(27-13-5-1-6-14-27)31-21-23-33(45-31)41(29-17-9-3-10-18-29)44-38(50)26-36(48-44)40(28-15-7-2-8-16-28)32-22-24-34(46-32)42(43(37)47-35)30-19-11-4-12-20-30/h1-24,35H,25-26H2,(H3,45,46,47,48,49,50)/p-1/b39-31-. The van der Waals surface area contributed by atoms with Crippen LogP contribution in [-0.4, -0.2) is 33.3 Å². The van der Waals surface area contributed by atoms with E-state index in [-0.39, 0.29) is 24.4 Å². The first kappa shape index (κ1) is 29.6. The Kier molecular flexibility index (Phi) is 7.20. The minimum Gasteiger partial charge on any atom is -0.674 e. The molecule has 1 unspecified atom stereocenters. The smallest absolute Gasteiger partial charge is 0.187 e. The van der Waals surface area contributed by atoms with E-state index >= 15 is 0 Å². The van der Waals surface area contributed by atoms with Gasteiger partial charge in [-0.15, -0.1) is 0 Å². The number of ketones is 2. The van der Waals surface area contributed by atoms with Crippen molar-refractivity contribution in [1.29, 1.82) is 0 Å². The number of Topliss-reactive ketones (excluding diaryl/α,β-unsaturated/α-hetero) is 2. The fraction of sp³-hybridized carbons (Fsp3) is 0.0682. The highest BCUT2D eigenvalue weighted by Gasteiger charge is 2.31. The lowest BCUT2D eigenvalue weighted by atomic mass is 9.96. The predicted molar refractivity (Wildman–Crippen MR) is 197 cm³/mol. The van der Waals surface area contributed by atoms with Crippen LogP contribution in [0.3, 0.4) is 0 Å². The lowest BCUT2D eigenvalue weighted by molar-refractivity contribution is -0.114. The van der Waals surface area contributed by atoms with E-state index in [0.717, 1.165) is 66.6 Å². The molecule has 4 aromatic carbocycles. The molecule has 240 valence electrons. The predicted octanol–water partition coefficient (Wildman–Crippen LogP) is 7.10. The average molecular weight is 648 g/mol. The van der Waals surface area contributed by atoms with Gasteiger partial charge in [0.1, 0.15) is 11.5 Å². The molecule has 9 rings (SSSR count). The van der Waals surface area contributed by atoms with Crippen LogP contribution in [0.25, 0.3) is 27.6 Å². The Morgan fingerprint density at radius 3 is 1.66 bits per heavy atom. The first-order chi connectivity index (χ1) is 24.6. The number of fused-ring (bicyclic) bond motifs is 7. The SMILES string of the molecule is O=C1C/C2=C(\c3ccccc3)c3ccc([nH]3)/C(c3ccccc3)=C3\[N-]C(CC3=O)/C(c3ccccc3)=c3/cc/c([nH]3)=C(\c3ccccc3)C1=N2. The monoisotopic (exact) mass is 647 g/mol. The summed E-state index contributed by atoms with van der Waals surface area (Å²) in [4.78, 5) is 40.8. The third-order valence-corrected chi connectivity index (χ3v) is 9.60. The molecule has 0 saturated carbocycles. The number of nitrogens with zero attached hydrogens (tertiary/aromatic N) is 2. The van der Waals surface area contributed by atoms with Crippen molar-refractivity contribution in [2.24, 2.45) is 4.99 Å². The van der Waals surface area contributed by atoms with Gasteiger partial charge in [0.05, 0.1) is 12.1 Å². The van der Waals surface area contributed by atoms with Crippen LogP contribution in [0, 0.1) is 0 Å². The fourth-order valence-electron chi connectivity index (χ4n) is 7.39. The zero-order valence-electron chi connectivity index (χ0n) is 27.1. The van der Waals surface area contributed by atoms with E-state index in [0.29, 0.717) is 17.1 Å². The number of H-pyrrole nitrogens is 2. The largest absolute Gasteiger partial charge is 0.674 e. The molecule has 0 aliphatic carbocycles. The van der Waals surface area contributed by atoms with Crippen LogP contribution in [0.1, 0.15) is 46.5 Å². The number of hydrogen-bond acceptors (Lipinski definition) is 3.